The van der Waals surface area contributed by atoms with E-state index in [9.17, 15) is 14.1 Å². The Morgan fingerprint density at radius 2 is 1.71 bits per heavy atom. The Balaban J connectivity index is 1.35. The number of aliphatic hydroxyl groups is 1. The van der Waals surface area contributed by atoms with Crippen LogP contribution in [-0.4, -0.2) is 89.9 Å². The number of β-amino-alcohol motifs (C(OH)–C–C–N with tert-alkyl or cyclic N) is 1. The van der Waals surface area contributed by atoms with Crippen molar-refractivity contribution in [3.63, 3.8) is 0 Å². The van der Waals surface area contributed by atoms with Crippen LogP contribution in [0.2, 0.25) is 0 Å². The summed E-state index contributed by atoms with van der Waals surface area (Å²) in [5.41, 5.74) is 0.707. The number of rotatable bonds is 12. The maximum Gasteiger partial charge on any atom is 0.238 e. The zero-order valence-electron chi connectivity index (χ0n) is 19.9. The molecule has 2 atom stereocenters. The van der Waals surface area contributed by atoms with Gasteiger partial charge in [-0.3, -0.25) is 18.8 Å². The van der Waals surface area contributed by atoms with Crippen molar-refractivity contribution < 1.29 is 23.6 Å². The van der Waals surface area contributed by atoms with Crippen LogP contribution in [0.5, 0.6) is 11.5 Å². The molecule has 34 heavy (non-hydrogen) atoms. The molecule has 9 heteroatoms. The fourth-order valence-corrected chi connectivity index (χ4v) is 4.85. The first-order valence-electron chi connectivity index (χ1n) is 11.7. The Hall–Kier alpha value is -2.46. The van der Waals surface area contributed by atoms with Gasteiger partial charge in [0.2, 0.25) is 5.91 Å². The van der Waals surface area contributed by atoms with Crippen LogP contribution in [0.25, 0.3) is 0 Å². The highest BCUT2D eigenvalue weighted by atomic mass is 32.2. The Morgan fingerprint density at radius 3 is 2.35 bits per heavy atom. The molecule has 2 N–H and O–H groups in total. The number of carbonyl (C=O) groups is 1. The van der Waals surface area contributed by atoms with Gasteiger partial charge in [0.05, 0.1) is 24.5 Å². The second kappa shape index (κ2) is 13.4. The number of anilines is 1. The van der Waals surface area contributed by atoms with E-state index in [1.165, 1.54) is 0 Å². The molecule has 0 bridgehead atoms. The van der Waals surface area contributed by atoms with E-state index in [1.54, 1.807) is 19.2 Å². The van der Waals surface area contributed by atoms with Crippen molar-refractivity contribution in [1.82, 2.24) is 9.80 Å². The quantitative estimate of drug-likeness (QED) is 0.472. The maximum atomic E-state index is 12.4. The van der Waals surface area contributed by atoms with Crippen molar-refractivity contribution >= 4 is 22.4 Å². The van der Waals surface area contributed by atoms with Crippen molar-refractivity contribution in [1.29, 1.82) is 0 Å². The lowest BCUT2D eigenvalue weighted by molar-refractivity contribution is -0.117. The van der Waals surface area contributed by atoms with Crippen molar-refractivity contribution in [3.8, 4) is 11.5 Å². The number of para-hydroxylation sites is 2. The summed E-state index contributed by atoms with van der Waals surface area (Å²) in [5.74, 6) is 1.83. The summed E-state index contributed by atoms with van der Waals surface area (Å²) in [7, 11) is 0.601. The van der Waals surface area contributed by atoms with Gasteiger partial charge in [0.1, 0.15) is 12.7 Å². The zero-order chi connectivity index (χ0) is 24.3. The Bertz CT molecular complexity index is 932. The lowest BCUT2D eigenvalue weighted by Crippen LogP contribution is -2.50. The lowest BCUT2D eigenvalue weighted by Gasteiger charge is -2.35. The molecule has 0 spiro atoms. The van der Waals surface area contributed by atoms with Gasteiger partial charge >= 0.3 is 0 Å². The standard InChI is InChI=1S/C25H35N3O5S/c1-3-16-34(31)22-10-8-20(9-11-22)26-25(30)18-28-14-12-27(13-15-28)17-21(29)19-33-24-7-5-4-6-23(24)32-2/h4-11,21,29H,3,12-19H2,1-2H3,(H,26,30). The van der Waals surface area contributed by atoms with E-state index in [-0.39, 0.29) is 12.5 Å². The van der Waals surface area contributed by atoms with E-state index in [4.69, 9.17) is 9.47 Å². The Labute approximate surface area is 204 Å². The minimum absolute atomic E-state index is 0.0684. The van der Waals surface area contributed by atoms with Crippen LogP contribution in [0.3, 0.4) is 0 Å². The highest BCUT2D eigenvalue weighted by molar-refractivity contribution is 7.85. The van der Waals surface area contributed by atoms with E-state index in [0.717, 1.165) is 37.5 Å². The SMILES string of the molecule is CCCS(=O)c1ccc(NC(=O)CN2CCN(CC(O)COc3ccccc3OC)CC2)cc1. The lowest BCUT2D eigenvalue weighted by atomic mass is 10.2. The molecule has 1 saturated heterocycles. The van der Waals surface area contributed by atoms with Gasteiger partial charge in [0, 0.05) is 49.1 Å². The molecule has 0 saturated carbocycles. The molecule has 3 rings (SSSR count). The number of nitrogens with zero attached hydrogens (tertiary/aromatic N) is 2. The summed E-state index contributed by atoms with van der Waals surface area (Å²) in [4.78, 5) is 17.5. The first-order chi connectivity index (χ1) is 16.5. The van der Waals surface area contributed by atoms with Crippen LogP contribution in [0, 0.1) is 0 Å². The third kappa shape index (κ3) is 8.09. The van der Waals surface area contributed by atoms with Crippen molar-refractivity contribution in [3.05, 3.63) is 48.5 Å². The molecule has 8 nitrogen and oxygen atoms in total. The maximum absolute atomic E-state index is 12.4. The molecule has 186 valence electrons. The average molecular weight is 490 g/mol. The molecule has 2 aromatic carbocycles. The van der Waals surface area contributed by atoms with Crippen LogP contribution < -0.4 is 14.8 Å². The Morgan fingerprint density at radius 1 is 1.06 bits per heavy atom. The number of benzene rings is 2. The van der Waals surface area contributed by atoms with Gasteiger partial charge in [-0.05, 0) is 42.8 Å². The second-order valence-corrected chi connectivity index (χ2v) is 9.89. The topological polar surface area (TPSA) is 91.3 Å². The third-order valence-electron chi connectivity index (χ3n) is 5.59. The number of methoxy groups -OCH3 is 1. The largest absolute Gasteiger partial charge is 0.493 e. The Kier molecular flexibility index (Phi) is 10.3. The first-order valence-corrected chi connectivity index (χ1v) is 13.0. The molecule has 0 aliphatic carbocycles. The van der Waals surface area contributed by atoms with Gasteiger partial charge in [-0.15, -0.1) is 0 Å². The molecule has 2 unspecified atom stereocenters. The van der Waals surface area contributed by atoms with Gasteiger partial charge < -0.3 is 19.9 Å². The van der Waals surface area contributed by atoms with Crippen LogP contribution >= 0.6 is 0 Å². The van der Waals surface area contributed by atoms with Crippen LogP contribution in [0.4, 0.5) is 5.69 Å². The number of hydrogen-bond acceptors (Lipinski definition) is 7. The molecule has 1 amide bonds. The summed E-state index contributed by atoms with van der Waals surface area (Å²) >= 11 is 0. The molecule has 1 fully saturated rings. The van der Waals surface area contributed by atoms with Crippen LogP contribution in [0.1, 0.15) is 13.3 Å². The van der Waals surface area contributed by atoms with Gasteiger partial charge in [-0.25, -0.2) is 0 Å². The van der Waals surface area contributed by atoms with Gasteiger partial charge in [0.15, 0.2) is 11.5 Å². The summed E-state index contributed by atoms with van der Waals surface area (Å²) in [6, 6.07) is 14.6. The summed E-state index contributed by atoms with van der Waals surface area (Å²) < 4.78 is 23.0. The van der Waals surface area contributed by atoms with Gasteiger partial charge in [-0.2, -0.15) is 0 Å². The van der Waals surface area contributed by atoms with Crippen LogP contribution in [-0.2, 0) is 15.6 Å². The molecular formula is C25H35N3O5S. The predicted octanol–water partition coefficient (Wildman–Crippen LogP) is 2.21. The zero-order valence-corrected chi connectivity index (χ0v) is 20.8. The second-order valence-electron chi connectivity index (χ2n) is 8.31. The molecule has 1 aliphatic heterocycles. The van der Waals surface area contributed by atoms with Crippen molar-refractivity contribution in [2.75, 3.05) is 64.1 Å². The monoisotopic (exact) mass is 489 g/mol. The highest BCUT2D eigenvalue weighted by Crippen LogP contribution is 2.25. The number of ether oxygens (including phenoxy) is 2. The molecule has 2 aromatic rings. The van der Waals surface area contributed by atoms with Crippen LogP contribution in [0.15, 0.2) is 53.4 Å². The summed E-state index contributed by atoms with van der Waals surface area (Å²) in [6.07, 6.45) is 0.253. The van der Waals surface area contributed by atoms with E-state index < -0.39 is 16.9 Å². The first kappa shape index (κ1) is 26.2. The predicted molar refractivity (Wildman–Crippen MR) is 134 cm³/mol. The number of hydrogen-bond donors (Lipinski definition) is 2. The van der Waals surface area contributed by atoms with Gasteiger partial charge in [0.25, 0.3) is 0 Å². The average Bonchev–Trinajstić information content (AvgIpc) is 2.84. The number of carbonyl (C=O) groups excluding carboxylic acids is 1. The van der Waals surface area contributed by atoms with E-state index >= 15 is 0 Å². The molecule has 0 radical (unpaired) electrons. The van der Waals surface area contributed by atoms with Crippen molar-refractivity contribution in [2.24, 2.45) is 0 Å². The minimum Gasteiger partial charge on any atom is -0.493 e. The summed E-state index contributed by atoms with van der Waals surface area (Å²) in [6.45, 7) is 6.08. The number of amides is 1. The van der Waals surface area contributed by atoms with E-state index in [1.807, 2.05) is 43.3 Å². The highest BCUT2D eigenvalue weighted by Gasteiger charge is 2.21. The van der Waals surface area contributed by atoms with Crippen molar-refractivity contribution in [2.45, 2.75) is 24.3 Å². The number of aliphatic hydroxyl groups excluding tert-OH is 1. The summed E-state index contributed by atoms with van der Waals surface area (Å²) in [5, 5.41) is 13.3. The fraction of sp³-hybridized carbons (Fsp3) is 0.480. The van der Waals surface area contributed by atoms with E-state index in [0.29, 0.717) is 36.0 Å². The molecular weight excluding hydrogens is 454 g/mol. The molecule has 1 aliphatic rings. The fourth-order valence-electron chi connectivity index (χ4n) is 3.80. The molecule has 1 heterocycles. The molecule has 0 aromatic heterocycles. The van der Waals surface area contributed by atoms with E-state index in [2.05, 4.69) is 15.1 Å². The number of nitrogens with one attached hydrogen (secondary N) is 1. The smallest absolute Gasteiger partial charge is 0.238 e. The minimum atomic E-state index is -0.988. The van der Waals surface area contributed by atoms with Gasteiger partial charge in [-0.1, -0.05) is 19.1 Å². The third-order valence-corrected chi connectivity index (χ3v) is 7.17. The normalized spacial score (nSPS) is 16.6. The number of piperazine rings is 1.